The Balaban J connectivity index is 2.61. The van der Waals surface area contributed by atoms with Gasteiger partial charge in [0.2, 0.25) is 0 Å². The van der Waals surface area contributed by atoms with Crippen LogP contribution in [0.3, 0.4) is 0 Å². The maximum absolute atomic E-state index is 5.62. The Kier molecular flexibility index (Phi) is 3.37. The number of halogens is 1. The van der Waals surface area contributed by atoms with E-state index in [0.29, 0.717) is 11.8 Å². The summed E-state index contributed by atoms with van der Waals surface area (Å²) in [6.07, 6.45) is 2.82. The Morgan fingerprint density at radius 2 is 2.36 bits per heavy atom. The van der Waals surface area contributed by atoms with Crippen molar-refractivity contribution in [1.29, 1.82) is 0 Å². The smallest absolute Gasteiger partial charge is 0.0432 e. The topological polar surface area (TPSA) is 12.9 Å². The molecule has 0 aliphatic heterocycles. The summed E-state index contributed by atoms with van der Waals surface area (Å²) in [5.74, 6) is 1.19. The van der Waals surface area contributed by atoms with E-state index in [-0.39, 0.29) is 0 Å². The summed E-state index contributed by atoms with van der Waals surface area (Å²) in [6, 6.07) is 5.97. The van der Waals surface area contributed by atoms with Crippen LogP contribution in [0.15, 0.2) is 24.4 Å². The van der Waals surface area contributed by atoms with Gasteiger partial charge in [0.25, 0.3) is 0 Å². The Labute approximate surface area is 72.4 Å². The van der Waals surface area contributed by atoms with E-state index in [1.807, 2.05) is 24.4 Å². The minimum Gasteiger partial charge on any atom is -0.261 e. The SMILES string of the molecule is CC(CCCl)c1ccccn1. The van der Waals surface area contributed by atoms with Gasteiger partial charge in [-0.05, 0) is 24.5 Å². The van der Waals surface area contributed by atoms with E-state index in [1.165, 1.54) is 0 Å². The predicted octanol–water partition coefficient (Wildman–Crippen LogP) is 2.81. The summed E-state index contributed by atoms with van der Waals surface area (Å²) in [7, 11) is 0. The highest BCUT2D eigenvalue weighted by molar-refractivity contribution is 6.17. The standard InChI is InChI=1S/C9H12ClN/c1-8(5-6-10)9-4-2-3-7-11-9/h2-4,7-8H,5-6H2,1H3. The second-order valence-electron chi connectivity index (χ2n) is 2.63. The van der Waals surface area contributed by atoms with Crippen molar-refractivity contribution in [2.75, 3.05) is 5.88 Å². The molecular weight excluding hydrogens is 158 g/mol. The fourth-order valence-corrected chi connectivity index (χ4v) is 1.31. The molecule has 0 radical (unpaired) electrons. The van der Waals surface area contributed by atoms with Gasteiger partial charge in [0.05, 0.1) is 0 Å². The molecule has 11 heavy (non-hydrogen) atoms. The van der Waals surface area contributed by atoms with E-state index in [4.69, 9.17) is 11.6 Å². The third-order valence-electron chi connectivity index (χ3n) is 1.73. The van der Waals surface area contributed by atoms with Gasteiger partial charge in [-0.15, -0.1) is 11.6 Å². The highest BCUT2D eigenvalue weighted by Gasteiger charge is 2.03. The average Bonchev–Trinajstić information content (AvgIpc) is 2.07. The van der Waals surface area contributed by atoms with Crippen LogP contribution in [0.5, 0.6) is 0 Å². The van der Waals surface area contributed by atoms with Gasteiger partial charge in [0.1, 0.15) is 0 Å². The fraction of sp³-hybridized carbons (Fsp3) is 0.444. The fourth-order valence-electron chi connectivity index (χ4n) is 0.979. The summed E-state index contributed by atoms with van der Waals surface area (Å²) < 4.78 is 0. The number of pyridine rings is 1. The lowest BCUT2D eigenvalue weighted by atomic mass is 10.0. The van der Waals surface area contributed by atoms with E-state index in [2.05, 4.69) is 11.9 Å². The van der Waals surface area contributed by atoms with Crippen LogP contribution in [0.2, 0.25) is 0 Å². The third-order valence-corrected chi connectivity index (χ3v) is 1.95. The lowest BCUT2D eigenvalue weighted by molar-refractivity contribution is 0.712. The first-order valence-corrected chi connectivity index (χ1v) is 4.35. The Hall–Kier alpha value is -0.560. The lowest BCUT2D eigenvalue weighted by Gasteiger charge is -2.06. The zero-order valence-corrected chi connectivity index (χ0v) is 7.38. The van der Waals surface area contributed by atoms with Crippen LogP contribution >= 0.6 is 11.6 Å². The van der Waals surface area contributed by atoms with Gasteiger partial charge >= 0.3 is 0 Å². The van der Waals surface area contributed by atoms with Crippen LogP contribution in [0.1, 0.15) is 25.0 Å². The molecule has 0 spiro atoms. The third kappa shape index (κ3) is 2.51. The van der Waals surface area contributed by atoms with Crippen LogP contribution < -0.4 is 0 Å². The number of rotatable bonds is 3. The molecule has 1 rings (SSSR count). The molecular formula is C9H12ClN. The molecule has 0 N–H and O–H groups in total. The molecule has 1 atom stereocenters. The van der Waals surface area contributed by atoms with E-state index in [1.54, 1.807) is 0 Å². The second kappa shape index (κ2) is 4.35. The van der Waals surface area contributed by atoms with E-state index >= 15 is 0 Å². The maximum Gasteiger partial charge on any atom is 0.0432 e. The molecule has 1 aromatic rings. The van der Waals surface area contributed by atoms with Crippen LogP contribution in [0, 0.1) is 0 Å². The second-order valence-corrected chi connectivity index (χ2v) is 3.01. The van der Waals surface area contributed by atoms with Crippen molar-refractivity contribution in [3.63, 3.8) is 0 Å². The van der Waals surface area contributed by atoms with Crippen molar-refractivity contribution in [2.24, 2.45) is 0 Å². The van der Waals surface area contributed by atoms with Gasteiger partial charge in [-0.25, -0.2) is 0 Å². The highest BCUT2D eigenvalue weighted by atomic mass is 35.5. The van der Waals surface area contributed by atoms with Gasteiger partial charge in [-0.2, -0.15) is 0 Å². The number of nitrogens with zero attached hydrogens (tertiary/aromatic N) is 1. The van der Waals surface area contributed by atoms with Crippen molar-refractivity contribution in [3.8, 4) is 0 Å². The largest absolute Gasteiger partial charge is 0.261 e. The first kappa shape index (κ1) is 8.54. The summed E-state index contributed by atoms with van der Waals surface area (Å²) >= 11 is 5.62. The number of aromatic nitrogens is 1. The van der Waals surface area contributed by atoms with Crippen LogP contribution in [0.4, 0.5) is 0 Å². The minimum atomic E-state index is 0.480. The molecule has 2 heteroatoms. The first-order chi connectivity index (χ1) is 5.34. The molecule has 0 amide bonds. The Bertz CT molecular complexity index is 198. The van der Waals surface area contributed by atoms with Crippen LogP contribution in [-0.4, -0.2) is 10.9 Å². The van der Waals surface area contributed by atoms with Crippen molar-refractivity contribution in [1.82, 2.24) is 4.98 Å². The van der Waals surface area contributed by atoms with Crippen LogP contribution in [0.25, 0.3) is 0 Å². The van der Waals surface area contributed by atoms with E-state index < -0.39 is 0 Å². The van der Waals surface area contributed by atoms with E-state index in [9.17, 15) is 0 Å². The monoisotopic (exact) mass is 169 g/mol. The number of hydrogen-bond acceptors (Lipinski definition) is 1. The van der Waals surface area contributed by atoms with Gasteiger partial charge in [-0.3, -0.25) is 4.98 Å². The van der Waals surface area contributed by atoms with Gasteiger partial charge in [0.15, 0.2) is 0 Å². The highest BCUT2D eigenvalue weighted by Crippen LogP contribution is 2.15. The molecule has 0 aliphatic carbocycles. The quantitative estimate of drug-likeness (QED) is 0.635. The van der Waals surface area contributed by atoms with Crippen molar-refractivity contribution in [3.05, 3.63) is 30.1 Å². The molecule has 1 heterocycles. The average molecular weight is 170 g/mol. The van der Waals surface area contributed by atoms with Gasteiger partial charge in [-0.1, -0.05) is 13.0 Å². The molecule has 0 saturated carbocycles. The summed E-state index contributed by atoms with van der Waals surface area (Å²) in [5, 5.41) is 0. The van der Waals surface area contributed by atoms with Crippen molar-refractivity contribution < 1.29 is 0 Å². The van der Waals surface area contributed by atoms with Crippen LogP contribution in [-0.2, 0) is 0 Å². The summed E-state index contributed by atoms with van der Waals surface area (Å²) in [4.78, 5) is 4.24. The molecule has 60 valence electrons. The van der Waals surface area contributed by atoms with Gasteiger partial charge < -0.3 is 0 Å². The zero-order chi connectivity index (χ0) is 8.10. The maximum atomic E-state index is 5.62. The first-order valence-electron chi connectivity index (χ1n) is 3.81. The molecule has 0 aliphatic rings. The number of hydrogen-bond donors (Lipinski definition) is 0. The molecule has 0 fully saturated rings. The molecule has 0 saturated heterocycles. The molecule has 1 unspecified atom stereocenters. The normalized spacial score (nSPS) is 12.9. The van der Waals surface area contributed by atoms with E-state index in [0.717, 1.165) is 12.1 Å². The molecule has 0 bridgehead atoms. The Morgan fingerprint density at radius 1 is 1.55 bits per heavy atom. The zero-order valence-electron chi connectivity index (χ0n) is 6.63. The van der Waals surface area contributed by atoms with Gasteiger partial charge in [0, 0.05) is 17.8 Å². The minimum absolute atomic E-state index is 0.480. The van der Waals surface area contributed by atoms with Crippen molar-refractivity contribution >= 4 is 11.6 Å². The lowest BCUT2D eigenvalue weighted by Crippen LogP contribution is -1.96. The molecule has 1 nitrogen and oxygen atoms in total. The number of alkyl halides is 1. The van der Waals surface area contributed by atoms with Crippen molar-refractivity contribution in [2.45, 2.75) is 19.3 Å². The molecule has 1 aromatic heterocycles. The Morgan fingerprint density at radius 3 is 2.91 bits per heavy atom. The summed E-state index contributed by atoms with van der Waals surface area (Å²) in [6.45, 7) is 2.14. The summed E-state index contributed by atoms with van der Waals surface area (Å²) in [5.41, 5.74) is 1.13. The predicted molar refractivity (Wildman–Crippen MR) is 48.0 cm³/mol. The molecule has 0 aromatic carbocycles.